The molecule has 1 spiro atoms. The van der Waals surface area contributed by atoms with Crippen molar-refractivity contribution in [1.29, 1.82) is 0 Å². The molecule has 0 fully saturated rings. The third-order valence-corrected chi connectivity index (χ3v) is 11.4. The highest BCUT2D eigenvalue weighted by molar-refractivity contribution is 5.96. The van der Waals surface area contributed by atoms with Crippen molar-refractivity contribution in [3.8, 4) is 78.4 Å². The fourth-order valence-electron chi connectivity index (χ4n) is 8.98. The molecule has 0 saturated carbocycles. The standard InChI is InChI=1S/C52H33N3/c1-2-11-34(12-3-1)38-13-10-14-40(31-38)51-54-49(33-50(55-51)37-27-29-53-30-28-37)36-23-21-35(22-24-36)39-25-26-48-44(32-39)43-17-6-9-20-47(43)52(48)45-18-7-4-15-41(45)42-16-5-8-19-46(42)52/h1-33H. The van der Waals surface area contributed by atoms with Crippen LogP contribution >= 0.6 is 0 Å². The first kappa shape index (κ1) is 31.3. The summed E-state index contributed by atoms with van der Waals surface area (Å²) in [7, 11) is 0. The minimum atomic E-state index is -0.334. The van der Waals surface area contributed by atoms with E-state index >= 15 is 0 Å². The molecule has 7 aromatic carbocycles. The van der Waals surface area contributed by atoms with Gasteiger partial charge in [0, 0.05) is 29.1 Å². The maximum absolute atomic E-state index is 5.16. The fourth-order valence-corrected chi connectivity index (χ4v) is 8.98. The predicted molar refractivity (Wildman–Crippen MR) is 223 cm³/mol. The Morgan fingerprint density at radius 1 is 0.291 bits per heavy atom. The van der Waals surface area contributed by atoms with E-state index in [4.69, 9.17) is 9.97 Å². The van der Waals surface area contributed by atoms with Gasteiger partial charge in [0.05, 0.1) is 16.8 Å². The topological polar surface area (TPSA) is 38.7 Å². The molecule has 2 aliphatic rings. The molecule has 3 nitrogen and oxygen atoms in total. The van der Waals surface area contributed by atoms with Gasteiger partial charge in [-0.25, -0.2) is 9.97 Å². The van der Waals surface area contributed by atoms with Crippen LogP contribution in [0.4, 0.5) is 0 Å². The average Bonchev–Trinajstić information content (AvgIpc) is 3.74. The summed E-state index contributed by atoms with van der Waals surface area (Å²) >= 11 is 0. The second-order valence-electron chi connectivity index (χ2n) is 14.4. The maximum atomic E-state index is 5.16. The Labute approximate surface area is 320 Å². The molecule has 9 aromatic rings. The fraction of sp³-hybridized carbons (Fsp3) is 0.0192. The van der Waals surface area contributed by atoms with Crippen molar-refractivity contribution >= 4 is 0 Å². The quantitative estimate of drug-likeness (QED) is 0.179. The second-order valence-corrected chi connectivity index (χ2v) is 14.4. The van der Waals surface area contributed by atoms with Gasteiger partial charge in [-0.2, -0.15) is 0 Å². The molecule has 2 aliphatic carbocycles. The van der Waals surface area contributed by atoms with E-state index in [0.29, 0.717) is 5.82 Å². The average molecular weight is 700 g/mol. The van der Waals surface area contributed by atoms with E-state index in [0.717, 1.165) is 44.8 Å². The van der Waals surface area contributed by atoms with Crippen molar-refractivity contribution in [3.05, 3.63) is 223 Å². The monoisotopic (exact) mass is 699 g/mol. The van der Waals surface area contributed by atoms with Gasteiger partial charge in [0.1, 0.15) is 0 Å². The van der Waals surface area contributed by atoms with Gasteiger partial charge >= 0.3 is 0 Å². The van der Waals surface area contributed by atoms with Crippen LogP contribution in [-0.4, -0.2) is 15.0 Å². The van der Waals surface area contributed by atoms with Crippen molar-refractivity contribution in [2.24, 2.45) is 0 Å². The number of pyridine rings is 1. The highest BCUT2D eigenvalue weighted by Gasteiger charge is 2.51. The first-order valence-corrected chi connectivity index (χ1v) is 18.8. The molecule has 0 amide bonds. The molecule has 11 rings (SSSR count). The van der Waals surface area contributed by atoms with Crippen LogP contribution in [0.15, 0.2) is 200 Å². The van der Waals surface area contributed by atoms with Crippen LogP contribution in [0.1, 0.15) is 22.3 Å². The second kappa shape index (κ2) is 12.4. The molecule has 55 heavy (non-hydrogen) atoms. The van der Waals surface area contributed by atoms with Crippen LogP contribution in [0.3, 0.4) is 0 Å². The molecular weight excluding hydrogens is 667 g/mol. The molecule has 256 valence electrons. The SMILES string of the molecule is c1ccc(-c2cccc(-c3nc(-c4ccncc4)cc(-c4ccc(-c5ccc6c(c5)-c5ccccc5C65c6ccccc6-c6ccccc65)cc4)n3)c2)cc1. The van der Waals surface area contributed by atoms with Crippen LogP contribution < -0.4 is 0 Å². The van der Waals surface area contributed by atoms with Crippen LogP contribution in [-0.2, 0) is 5.41 Å². The molecule has 2 heterocycles. The van der Waals surface area contributed by atoms with E-state index in [-0.39, 0.29) is 5.41 Å². The van der Waals surface area contributed by atoms with Gasteiger partial charge in [0.15, 0.2) is 5.82 Å². The Kier molecular flexibility index (Phi) is 7.08. The van der Waals surface area contributed by atoms with Gasteiger partial charge in [-0.15, -0.1) is 0 Å². The number of fused-ring (bicyclic) bond motifs is 10. The van der Waals surface area contributed by atoms with E-state index in [9.17, 15) is 0 Å². The first-order chi connectivity index (χ1) is 27.3. The van der Waals surface area contributed by atoms with Gasteiger partial charge in [-0.3, -0.25) is 4.98 Å². The van der Waals surface area contributed by atoms with Crippen molar-refractivity contribution < 1.29 is 0 Å². The molecule has 0 N–H and O–H groups in total. The summed E-state index contributed by atoms with van der Waals surface area (Å²) in [5.74, 6) is 0.687. The van der Waals surface area contributed by atoms with Crippen molar-refractivity contribution in [2.75, 3.05) is 0 Å². The van der Waals surface area contributed by atoms with E-state index in [1.807, 2.05) is 30.6 Å². The summed E-state index contributed by atoms with van der Waals surface area (Å²) in [6.07, 6.45) is 3.62. The summed E-state index contributed by atoms with van der Waals surface area (Å²) in [6, 6.07) is 67.8. The number of nitrogens with zero attached hydrogens (tertiary/aromatic N) is 3. The molecule has 0 atom stereocenters. The molecule has 2 aromatic heterocycles. The van der Waals surface area contributed by atoms with Gasteiger partial charge in [0.2, 0.25) is 0 Å². The number of hydrogen-bond acceptors (Lipinski definition) is 3. The minimum absolute atomic E-state index is 0.334. The number of aromatic nitrogens is 3. The van der Waals surface area contributed by atoms with Crippen LogP contribution in [0.5, 0.6) is 0 Å². The van der Waals surface area contributed by atoms with Crippen molar-refractivity contribution in [1.82, 2.24) is 15.0 Å². The third-order valence-electron chi connectivity index (χ3n) is 11.4. The summed E-state index contributed by atoms with van der Waals surface area (Å²) in [5, 5.41) is 0. The predicted octanol–water partition coefficient (Wildman–Crippen LogP) is 12.6. The summed E-state index contributed by atoms with van der Waals surface area (Å²) in [5.41, 5.74) is 19.7. The molecule has 0 saturated heterocycles. The lowest BCUT2D eigenvalue weighted by atomic mass is 9.70. The van der Waals surface area contributed by atoms with Gasteiger partial charge in [0.25, 0.3) is 0 Å². The zero-order chi connectivity index (χ0) is 36.3. The van der Waals surface area contributed by atoms with Crippen LogP contribution in [0.25, 0.3) is 78.4 Å². The zero-order valence-corrected chi connectivity index (χ0v) is 29.9. The molecular formula is C52H33N3. The lowest BCUT2D eigenvalue weighted by Crippen LogP contribution is -2.25. The Morgan fingerprint density at radius 2 is 0.745 bits per heavy atom. The Balaban J connectivity index is 1.00. The summed E-state index contributed by atoms with van der Waals surface area (Å²) in [4.78, 5) is 14.5. The largest absolute Gasteiger partial charge is 0.265 e. The minimum Gasteiger partial charge on any atom is -0.265 e. The zero-order valence-electron chi connectivity index (χ0n) is 29.9. The Morgan fingerprint density at radius 3 is 1.40 bits per heavy atom. The van der Waals surface area contributed by atoms with E-state index in [1.165, 1.54) is 50.1 Å². The summed E-state index contributed by atoms with van der Waals surface area (Å²) in [6.45, 7) is 0. The number of hydrogen-bond donors (Lipinski definition) is 0. The normalized spacial score (nSPS) is 12.9. The Hall–Kier alpha value is -7.23. The number of benzene rings is 7. The van der Waals surface area contributed by atoms with Gasteiger partial charge in [-0.05, 0) is 97.1 Å². The van der Waals surface area contributed by atoms with Crippen LogP contribution in [0, 0.1) is 0 Å². The highest BCUT2D eigenvalue weighted by Crippen LogP contribution is 2.62. The van der Waals surface area contributed by atoms with E-state index in [2.05, 4.69) is 175 Å². The van der Waals surface area contributed by atoms with Gasteiger partial charge in [-0.1, -0.05) is 158 Å². The van der Waals surface area contributed by atoms with Crippen LogP contribution in [0.2, 0.25) is 0 Å². The third kappa shape index (κ3) is 4.87. The van der Waals surface area contributed by atoms with Crippen molar-refractivity contribution in [2.45, 2.75) is 5.41 Å². The molecule has 0 bridgehead atoms. The van der Waals surface area contributed by atoms with E-state index < -0.39 is 0 Å². The van der Waals surface area contributed by atoms with Gasteiger partial charge < -0.3 is 0 Å². The molecule has 0 radical (unpaired) electrons. The van der Waals surface area contributed by atoms with Crippen molar-refractivity contribution in [3.63, 3.8) is 0 Å². The Bertz CT molecular complexity index is 2870. The molecule has 3 heteroatoms. The molecule has 0 unspecified atom stereocenters. The smallest absolute Gasteiger partial charge is 0.160 e. The molecule has 0 aliphatic heterocycles. The lowest BCUT2D eigenvalue weighted by molar-refractivity contribution is 0.794. The lowest BCUT2D eigenvalue weighted by Gasteiger charge is -2.30. The summed E-state index contributed by atoms with van der Waals surface area (Å²) < 4.78 is 0. The number of rotatable bonds is 5. The highest BCUT2D eigenvalue weighted by atomic mass is 14.9. The maximum Gasteiger partial charge on any atom is 0.160 e. The first-order valence-electron chi connectivity index (χ1n) is 18.8. The van der Waals surface area contributed by atoms with E-state index in [1.54, 1.807) is 0 Å².